The number of aryl methyl sites for hydroxylation is 2. The van der Waals surface area contributed by atoms with Gasteiger partial charge in [-0.05, 0) is 73.7 Å². The number of rotatable bonds is 4. The van der Waals surface area contributed by atoms with Gasteiger partial charge >= 0.3 is 0 Å². The van der Waals surface area contributed by atoms with Gasteiger partial charge in [0.1, 0.15) is 17.5 Å². The van der Waals surface area contributed by atoms with Crippen LogP contribution in [0.3, 0.4) is 0 Å². The van der Waals surface area contributed by atoms with Crippen molar-refractivity contribution in [2.75, 3.05) is 18.0 Å². The van der Waals surface area contributed by atoms with Gasteiger partial charge in [-0.25, -0.2) is 13.8 Å². The molecule has 2 aromatic carbocycles. The first-order valence-electron chi connectivity index (χ1n) is 11.1. The van der Waals surface area contributed by atoms with Gasteiger partial charge in [0.15, 0.2) is 0 Å². The maximum absolute atomic E-state index is 15.3. The number of pyridine rings is 1. The summed E-state index contributed by atoms with van der Waals surface area (Å²) < 4.78 is 34.7. The number of fused-ring (bicyclic) bond motifs is 1. The highest BCUT2D eigenvalue weighted by Crippen LogP contribution is 2.33. The van der Waals surface area contributed by atoms with Gasteiger partial charge < -0.3 is 9.73 Å². The van der Waals surface area contributed by atoms with Crippen molar-refractivity contribution < 1.29 is 18.0 Å². The molecule has 7 nitrogen and oxygen atoms in total. The Kier molecular flexibility index (Phi) is 5.79. The molecule has 1 aliphatic heterocycles. The number of nitrogens with one attached hydrogen (secondary N) is 1. The standard InChI is InChI=1S/C25H23F2N5O2/c1-14-10-18(26)11-16-7-9-29-23(22(14)16)32(19-4-3-8-28-13-19)25(33)20-6-5-17(12-21(20)27)24-31-30-15(2)34-24/h5-7,9-12,19,28H,3-4,8,13H2,1-2H3/t19-/m1/s1. The number of nitrogens with zero attached hydrogens (tertiary/aromatic N) is 4. The third-order valence-electron chi connectivity index (χ3n) is 6.06. The lowest BCUT2D eigenvalue weighted by Crippen LogP contribution is -2.49. The number of benzene rings is 2. The molecule has 1 atom stereocenters. The number of carbonyl (C=O) groups is 1. The molecule has 4 aromatic rings. The third-order valence-corrected chi connectivity index (χ3v) is 6.06. The molecule has 34 heavy (non-hydrogen) atoms. The molecule has 0 unspecified atom stereocenters. The molecule has 9 heteroatoms. The number of hydrogen-bond acceptors (Lipinski definition) is 6. The highest BCUT2D eigenvalue weighted by atomic mass is 19.1. The molecule has 1 aliphatic rings. The zero-order chi connectivity index (χ0) is 23.8. The second kappa shape index (κ2) is 8.90. The van der Waals surface area contributed by atoms with Crippen LogP contribution in [0.25, 0.3) is 22.2 Å². The van der Waals surface area contributed by atoms with Crippen LogP contribution in [0.15, 0.2) is 47.0 Å². The molecule has 1 N–H and O–H groups in total. The highest BCUT2D eigenvalue weighted by Gasteiger charge is 2.32. The fourth-order valence-corrected chi connectivity index (χ4v) is 4.49. The third kappa shape index (κ3) is 4.03. The van der Waals surface area contributed by atoms with E-state index in [9.17, 15) is 9.18 Å². The molecular weight excluding hydrogens is 440 g/mol. The lowest BCUT2D eigenvalue weighted by Gasteiger charge is -2.35. The molecule has 5 rings (SSSR count). The van der Waals surface area contributed by atoms with Crippen LogP contribution in [0.1, 0.15) is 34.7 Å². The Morgan fingerprint density at radius 1 is 1.15 bits per heavy atom. The van der Waals surface area contributed by atoms with E-state index in [4.69, 9.17) is 4.42 Å². The minimum absolute atomic E-state index is 0.0934. The smallest absolute Gasteiger partial charge is 0.262 e. The first-order chi connectivity index (χ1) is 16.4. The Bertz CT molecular complexity index is 1380. The Labute approximate surface area is 194 Å². The topological polar surface area (TPSA) is 84.2 Å². The summed E-state index contributed by atoms with van der Waals surface area (Å²) >= 11 is 0. The van der Waals surface area contributed by atoms with Crippen LogP contribution >= 0.6 is 0 Å². The molecular formula is C25H23F2N5O2. The summed E-state index contributed by atoms with van der Waals surface area (Å²) in [5.41, 5.74) is 0.946. The Morgan fingerprint density at radius 2 is 2.00 bits per heavy atom. The van der Waals surface area contributed by atoms with Gasteiger partial charge in [-0.3, -0.25) is 9.69 Å². The fourth-order valence-electron chi connectivity index (χ4n) is 4.49. The number of piperidine rings is 1. The summed E-state index contributed by atoms with van der Waals surface area (Å²) in [5.74, 6) is -0.641. The molecule has 0 radical (unpaired) electrons. The first kappa shape index (κ1) is 22.1. The molecule has 1 saturated heterocycles. The normalized spacial score (nSPS) is 16.1. The summed E-state index contributed by atoms with van der Waals surface area (Å²) in [4.78, 5) is 19.9. The molecule has 2 aromatic heterocycles. The van der Waals surface area contributed by atoms with Gasteiger partial charge in [0, 0.05) is 30.6 Å². The van der Waals surface area contributed by atoms with Crippen LogP contribution in [0.5, 0.6) is 0 Å². The zero-order valence-corrected chi connectivity index (χ0v) is 18.8. The highest BCUT2D eigenvalue weighted by molar-refractivity contribution is 6.11. The van der Waals surface area contributed by atoms with Gasteiger partial charge in [-0.2, -0.15) is 0 Å². The van der Waals surface area contributed by atoms with Gasteiger partial charge in [0.25, 0.3) is 5.91 Å². The quantitative estimate of drug-likeness (QED) is 0.477. The van der Waals surface area contributed by atoms with Crippen molar-refractivity contribution in [2.45, 2.75) is 32.7 Å². The van der Waals surface area contributed by atoms with E-state index in [1.54, 1.807) is 37.1 Å². The van der Waals surface area contributed by atoms with Crippen molar-refractivity contribution in [3.63, 3.8) is 0 Å². The van der Waals surface area contributed by atoms with Crippen molar-refractivity contribution in [1.29, 1.82) is 0 Å². The largest absolute Gasteiger partial charge is 0.421 e. The predicted octanol–water partition coefficient (Wildman–Crippen LogP) is 4.58. The monoisotopic (exact) mass is 463 g/mol. The second-order valence-electron chi connectivity index (χ2n) is 8.45. The van der Waals surface area contributed by atoms with Gasteiger partial charge in [-0.1, -0.05) is 0 Å². The van der Waals surface area contributed by atoms with Gasteiger partial charge in [-0.15, -0.1) is 10.2 Å². The van der Waals surface area contributed by atoms with E-state index in [-0.39, 0.29) is 23.3 Å². The maximum atomic E-state index is 15.3. The van der Waals surface area contributed by atoms with Crippen LogP contribution in [-0.4, -0.2) is 40.2 Å². The fraction of sp³-hybridized carbons (Fsp3) is 0.280. The summed E-state index contributed by atoms with van der Waals surface area (Å²) in [6.45, 7) is 4.81. The Balaban J connectivity index is 1.61. The molecule has 0 saturated carbocycles. The number of amides is 1. The van der Waals surface area contributed by atoms with Crippen LogP contribution in [-0.2, 0) is 0 Å². The summed E-state index contributed by atoms with van der Waals surface area (Å²) in [7, 11) is 0. The van der Waals surface area contributed by atoms with E-state index in [0.29, 0.717) is 40.2 Å². The van der Waals surface area contributed by atoms with Crippen molar-refractivity contribution in [3.8, 4) is 11.5 Å². The van der Waals surface area contributed by atoms with E-state index < -0.39 is 11.7 Å². The van der Waals surface area contributed by atoms with Gasteiger partial charge in [0.05, 0.1) is 11.6 Å². The van der Waals surface area contributed by atoms with Crippen LogP contribution < -0.4 is 10.2 Å². The average Bonchev–Trinajstić information content (AvgIpc) is 3.26. The van der Waals surface area contributed by atoms with E-state index in [0.717, 1.165) is 19.4 Å². The minimum Gasteiger partial charge on any atom is -0.421 e. The van der Waals surface area contributed by atoms with Crippen molar-refractivity contribution >= 4 is 22.5 Å². The van der Waals surface area contributed by atoms with Crippen molar-refractivity contribution in [1.82, 2.24) is 20.5 Å². The number of hydrogen-bond donors (Lipinski definition) is 1. The second-order valence-corrected chi connectivity index (χ2v) is 8.45. The molecule has 3 heterocycles. The van der Waals surface area contributed by atoms with Gasteiger partial charge in [0.2, 0.25) is 11.8 Å². The number of aromatic nitrogens is 3. The molecule has 1 amide bonds. The Morgan fingerprint density at radius 3 is 2.71 bits per heavy atom. The predicted molar refractivity (Wildman–Crippen MR) is 124 cm³/mol. The Hall–Kier alpha value is -3.72. The van der Waals surface area contributed by atoms with Crippen LogP contribution in [0, 0.1) is 25.5 Å². The van der Waals surface area contributed by atoms with Crippen LogP contribution in [0.4, 0.5) is 14.6 Å². The summed E-state index contributed by atoms with van der Waals surface area (Å²) in [5, 5.41) is 12.3. The SMILES string of the molecule is Cc1nnc(-c2ccc(C(=O)N(c3nccc4cc(F)cc(C)c34)[C@@H]3CCCNC3)c(F)c2)o1. The van der Waals surface area contributed by atoms with E-state index in [2.05, 4.69) is 20.5 Å². The summed E-state index contributed by atoms with van der Waals surface area (Å²) in [6, 6.07) is 8.52. The van der Waals surface area contributed by atoms with E-state index in [1.807, 2.05) is 0 Å². The first-order valence-corrected chi connectivity index (χ1v) is 11.1. The molecule has 0 bridgehead atoms. The van der Waals surface area contributed by atoms with Crippen molar-refractivity contribution in [2.24, 2.45) is 0 Å². The lowest BCUT2D eigenvalue weighted by atomic mass is 10.0. The van der Waals surface area contributed by atoms with Crippen LogP contribution in [0.2, 0.25) is 0 Å². The molecule has 0 spiro atoms. The average molecular weight is 463 g/mol. The molecule has 1 fully saturated rings. The van der Waals surface area contributed by atoms with E-state index in [1.165, 1.54) is 24.3 Å². The number of halogens is 2. The lowest BCUT2D eigenvalue weighted by molar-refractivity contribution is 0.0968. The maximum Gasteiger partial charge on any atom is 0.262 e. The number of carbonyl (C=O) groups excluding carboxylic acids is 1. The van der Waals surface area contributed by atoms with Crippen molar-refractivity contribution in [3.05, 3.63) is 71.2 Å². The summed E-state index contributed by atoms with van der Waals surface area (Å²) in [6.07, 6.45) is 3.15. The minimum atomic E-state index is -0.699. The molecule has 174 valence electrons. The zero-order valence-electron chi connectivity index (χ0n) is 18.8. The van der Waals surface area contributed by atoms with E-state index >= 15 is 4.39 Å². The molecule has 0 aliphatic carbocycles. The number of anilines is 1.